The van der Waals surface area contributed by atoms with Crippen molar-refractivity contribution in [1.82, 2.24) is 9.55 Å². The Morgan fingerprint density at radius 1 is 1.21 bits per heavy atom. The molecular formula is C40H46ClN5O6S. The van der Waals surface area contributed by atoms with Crippen LogP contribution < -0.4 is 9.64 Å². The van der Waals surface area contributed by atoms with Crippen LogP contribution in [0.1, 0.15) is 76.7 Å². The minimum atomic E-state index is -3.43. The first-order valence-electron chi connectivity index (χ1n) is 18.6. The first-order valence-corrected chi connectivity index (χ1v) is 20.8. The third-order valence-electron chi connectivity index (χ3n) is 11.6. The van der Waals surface area contributed by atoms with Gasteiger partial charge in [0.25, 0.3) is 5.91 Å². The maximum Gasteiger partial charge on any atom is 0.304 e. The van der Waals surface area contributed by atoms with E-state index in [-0.39, 0.29) is 28.9 Å². The Hall–Kier alpha value is -3.84. The number of pyridine rings is 1. The molecule has 5 heterocycles. The number of methoxy groups -OCH3 is 1. The highest BCUT2D eigenvalue weighted by molar-refractivity contribution is 8.06. The van der Waals surface area contributed by atoms with Gasteiger partial charge in [0, 0.05) is 54.8 Å². The van der Waals surface area contributed by atoms with Gasteiger partial charge in [-0.2, -0.15) is 4.36 Å². The predicted octanol–water partition coefficient (Wildman–Crippen LogP) is 6.65. The second-order valence-electron chi connectivity index (χ2n) is 15.4. The molecule has 3 aliphatic heterocycles. The summed E-state index contributed by atoms with van der Waals surface area (Å²) >= 11 is 6.46. The molecule has 5 aliphatic rings. The molecule has 2 aliphatic carbocycles. The van der Waals surface area contributed by atoms with Gasteiger partial charge in [-0.15, -0.1) is 0 Å². The number of aromatic nitrogens is 2. The summed E-state index contributed by atoms with van der Waals surface area (Å²) < 4.78 is 39.0. The van der Waals surface area contributed by atoms with E-state index in [0.717, 1.165) is 54.9 Å². The molecule has 3 aromatic rings. The molecule has 0 N–H and O–H groups in total. The van der Waals surface area contributed by atoms with E-state index in [1.807, 2.05) is 17.6 Å². The summed E-state index contributed by atoms with van der Waals surface area (Å²) in [6.07, 6.45) is 11.5. The number of carbonyl (C=O) groups is 2. The molecular weight excluding hydrogens is 714 g/mol. The Kier molecular flexibility index (Phi) is 10.1. The number of benzene rings is 1. The molecule has 1 saturated carbocycles. The number of ether oxygens (including phenoxy) is 3. The number of hydrogen-bond donors (Lipinski definition) is 0. The number of fused-ring (bicyclic) bond motifs is 5. The number of allylic oxidation sites excluding steroid dienone is 1. The smallest absolute Gasteiger partial charge is 0.304 e. The van der Waals surface area contributed by atoms with Crippen molar-refractivity contribution in [1.29, 1.82) is 0 Å². The van der Waals surface area contributed by atoms with Crippen LogP contribution in [-0.2, 0) is 44.2 Å². The normalized spacial score (nSPS) is 30.6. The summed E-state index contributed by atoms with van der Waals surface area (Å²) in [6, 6.07) is 11.3. The molecule has 2 bridgehead atoms. The summed E-state index contributed by atoms with van der Waals surface area (Å²) in [7, 11) is -1.67. The second kappa shape index (κ2) is 14.8. The molecule has 2 aromatic heterocycles. The molecule has 6 atom stereocenters. The maximum atomic E-state index is 14.6. The van der Waals surface area contributed by atoms with Crippen LogP contribution in [-0.4, -0.2) is 76.4 Å². The van der Waals surface area contributed by atoms with Gasteiger partial charge in [-0.1, -0.05) is 36.7 Å². The molecule has 1 spiro atoms. The van der Waals surface area contributed by atoms with E-state index in [2.05, 4.69) is 38.5 Å². The fourth-order valence-electron chi connectivity index (χ4n) is 8.79. The fraction of sp³-hybridized carbons (Fsp3) is 0.500. The highest BCUT2D eigenvalue weighted by atomic mass is 35.5. The standard InChI is InChI=1S/C40H46ClN5O6S/c1-26-5-3-7-35(50-2)32-10-8-28(32)19-46-23-40(14-4-6-27-17-30(41)9-11-33(27)40)24-52-36-13-12-34(43-37(36)46)39(48)44-53(49,22-26)25-42-38(47)29-18-31-21-51-16-15-45(31)20-29/h3,7,9,11-13,17-18,20,25-26,28,32,35H,4-6,8,10,14-16,19,21-24H2,1-2H3/b7-3+,42-25?/t26-,28-,32+,35-,40-,53?/m0/s1. The average molecular weight is 760 g/mol. The molecule has 0 radical (unpaired) electrons. The molecule has 0 saturated heterocycles. The van der Waals surface area contributed by atoms with Crippen molar-refractivity contribution in [2.24, 2.45) is 27.1 Å². The number of anilines is 1. The molecule has 1 unspecified atom stereocenters. The van der Waals surface area contributed by atoms with Gasteiger partial charge in [0.15, 0.2) is 11.6 Å². The lowest BCUT2D eigenvalue weighted by atomic mass is 9.68. The zero-order valence-electron chi connectivity index (χ0n) is 30.2. The highest BCUT2D eigenvalue weighted by Crippen LogP contribution is 2.46. The zero-order valence-corrected chi connectivity index (χ0v) is 31.8. The van der Waals surface area contributed by atoms with Crippen LogP contribution in [0.15, 0.2) is 64.1 Å². The molecule has 13 heteroatoms. The van der Waals surface area contributed by atoms with Crippen molar-refractivity contribution in [3.8, 4) is 5.75 Å². The number of halogens is 1. The van der Waals surface area contributed by atoms with Crippen LogP contribution in [0.5, 0.6) is 5.75 Å². The van der Waals surface area contributed by atoms with Gasteiger partial charge in [0.05, 0.1) is 41.2 Å². The van der Waals surface area contributed by atoms with E-state index >= 15 is 0 Å². The summed E-state index contributed by atoms with van der Waals surface area (Å²) in [5, 5.41) is 0.729. The topological polar surface area (TPSA) is 125 Å². The predicted molar refractivity (Wildman–Crippen MR) is 205 cm³/mol. The Balaban J connectivity index is 1.18. The Bertz CT molecular complexity index is 2080. The van der Waals surface area contributed by atoms with Gasteiger partial charge in [-0.25, -0.2) is 14.2 Å². The number of hydrogen-bond acceptors (Lipinski definition) is 8. The summed E-state index contributed by atoms with van der Waals surface area (Å²) in [5.41, 5.74) is 4.59. The van der Waals surface area contributed by atoms with Crippen molar-refractivity contribution in [3.05, 3.63) is 87.8 Å². The monoisotopic (exact) mass is 759 g/mol. The van der Waals surface area contributed by atoms with Crippen molar-refractivity contribution in [2.75, 3.05) is 44.1 Å². The third-order valence-corrected chi connectivity index (χ3v) is 13.8. The van der Waals surface area contributed by atoms with Crippen LogP contribution in [0, 0.1) is 17.8 Å². The van der Waals surface area contributed by atoms with E-state index in [9.17, 15) is 13.8 Å². The average Bonchev–Trinajstić information content (AvgIpc) is 3.51. The number of carbonyl (C=O) groups excluding carboxylic acids is 2. The lowest BCUT2D eigenvalue weighted by Crippen LogP contribution is -2.49. The first-order chi connectivity index (χ1) is 25.6. The van der Waals surface area contributed by atoms with Gasteiger partial charge < -0.3 is 23.7 Å². The van der Waals surface area contributed by atoms with E-state index in [4.69, 9.17) is 30.8 Å². The number of nitrogens with zero attached hydrogens (tertiary/aromatic N) is 5. The number of amides is 2. The SMILES string of the molecule is CO[C@H]1/C=C/C[C@H](C)CS(=O)(C=NC(=O)c2cc3n(c2)CCOC3)=NC(=O)c2ccc3c(n2)N(C[C@@H]2CC[C@H]21)C[C@@]1(CCCc2cc(Cl)ccc21)CO3. The second-order valence-corrected chi connectivity index (χ2v) is 17.9. The Morgan fingerprint density at radius 2 is 2.09 bits per heavy atom. The van der Waals surface area contributed by atoms with Crippen molar-refractivity contribution < 1.29 is 28.0 Å². The molecule has 1 aromatic carbocycles. The number of aryl methyl sites for hydroxylation is 1. The van der Waals surface area contributed by atoms with Crippen LogP contribution in [0.4, 0.5) is 5.82 Å². The van der Waals surface area contributed by atoms with E-state index in [1.54, 1.807) is 31.5 Å². The van der Waals surface area contributed by atoms with Gasteiger partial charge in [0.1, 0.15) is 11.2 Å². The van der Waals surface area contributed by atoms with Gasteiger partial charge in [-0.3, -0.25) is 9.59 Å². The van der Waals surface area contributed by atoms with Crippen LogP contribution in [0.25, 0.3) is 0 Å². The minimum absolute atomic E-state index is 0.0375. The largest absolute Gasteiger partial charge is 0.489 e. The summed E-state index contributed by atoms with van der Waals surface area (Å²) in [5.74, 6) is 0.477. The molecule has 2 amide bonds. The molecule has 11 nitrogen and oxygen atoms in total. The van der Waals surface area contributed by atoms with E-state index in [1.165, 1.54) is 11.1 Å². The summed E-state index contributed by atoms with van der Waals surface area (Å²) in [4.78, 5) is 38.5. The van der Waals surface area contributed by atoms with E-state index < -0.39 is 21.5 Å². The van der Waals surface area contributed by atoms with Crippen LogP contribution >= 0.6 is 11.6 Å². The minimum Gasteiger partial charge on any atom is -0.489 e. The van der Waals surface area contributed by atoms with E-state index in [0.29, 0.717) is 68.3 Å². The quantitative estimate of drug-likeness (QED) is 0.165. The first kappa shape index (κ1) is 36.2. The molecule has 280 valence electrons. The van der Waals surface area contributed by atoms with Crippen molar-refractivity contribution in [2.45, 2.75) is 70.1 Å². The molecule has 8 rings (SSSR count). The Labute approximate surface area is 315 Å². The third kappa shape index (κ3) is 7.35. The van der Waals surface area contributed by atoms with Crippen molar-refractivity contribution >= 4 is 44.5 Å². The molecule has 53 heavy (non-hydrogen) atoms. The lowest BCUT2D eigenvalue weighted by Gasteiger charge is -2.45. The highest BCUT2D eigenvalue weighted by Gasteiger charge is 2.45. The van der Waals surface area contributed by atoms with Gasteiger partial charge in [0.2, 0.25) is 0 Å². The lowest BCUT2D eigenvalue weighted by molar-refractivity contribution is 0.0131. The summed E-state index contributed by atoms with van der Waals surface area (Å²) in [6.45, 7) is 5.43. The maximum absolute atomic E-state index is 14.6. The Morgan fingerprint density at radius 3 is 2.91 bits per heavy atom. The number of aliphatic imine (C=N–C) groups is 1. The van der Waals surface area contributed by atoms with Gasteiger partial charge >= 0.3 is 5.91 Å². The fourth-order valence-corrected chi connectivity index (χ4v) is 10.8. The van der Waals surface area contributed by atoms with Crippen molar-refractivity contribution in [3.63, 3.8) is 0 Å². The van der Waals surface area contributed by atoms with Crippen LogP contribution in [0.3, 0.4) is 0 Å². The van der Waals surface area contributed by atoms with Crippen LogP contribution in [0.2, 0.25) is 5.02 Å². The molecule has 1 fully saturated rings. The zero-order chi connectivity index (χ0) is 36.7. The van der Waals surface area contributed by atoms with Gasteiger partial charge in [-0.05, 0) is 97.7 Å². The number of rotatable bonds is 3.